The molecule has 0 amide bonds. The molecule has 0 unspecified atom stereocenters. The Balaban J connectivity index is 3.30. The molecule has 0 aliphatic heterocycles. The van der Waals surface area contributed by atoms with E-state index in [-0.39, 0.29) is 16.6 Å². The highest BCUT2D eigenvalue weighted by molar-refractivity contribution is 5.78. The molecule has 0 heterocycles. The van der Waals surface area contributed by atoms with Gasteiger partial charge in [0.05, 0.1) is 0 Å². The van der Waals surface area contributed by atoms with Crippen LogP contribution in [0.4, 0.5) is 13.2 Å². The average molecular weight is 302 g/mol. The first-order valence-electron chi connectivity index (χ1n) is 6.66. The summed E-state index contributed by atoms with van der Waals surface area (Å²) in [7, 11) is 0. The number of carbonyl (C=O) groups is 1. The van der Waals surface area contributed by atoms with Crippen molar-refractivity contribution < 1.29 is 22.7 Å². The highest BCUT2D eigenvalue weighted by Crippen LogP contribution is 2.33. The first-order valence-corrected chi connectivity index (χ1v) is 6.66. The second-order valence-electron chi connectivity index (χ2n) is 7.13. The van der Waals surface area contributed by atoms with Gasteiger partial charge in [0, 0.05) is 0 Å². The summed E-state index contributed by atoms with van der Waals surface area (Å²) < 4.78 is 41.5. The minimum Gasteiger partial charge on any atom is -0.420 e. The normalized spacial score (nSPS) is 13.2. The summed E-state index contributed by atoms with van der Waals surface area (Å²) >= 11 is 0. The topological polar surface area (TPSA) is 26.3 Å². The van der Waals surface area contributed by atoms with E-state index in [0.717, 1.165) is 11.1 Å². The van der Waals surface area contributed by atoms with Crippen molar-refractivity contribution in [2.45, 2.75) is 58.5 Å². The number of benzene rings is 1. The molecule has 0 aliphatic carbocycles. The summed E-state index contributed by atoms with van der Waals surface area (Å²) in [5, 5.41) is 0. The molecule has 0 saturated carbocycles. The molecule has 0 aliphatic rings. The Labute approximate surface area is 123 Å². The molecular formula is C16H21F3O2. The van der Waals surface area contributed by atoms with Crippen LogP contribution in [0.3, 0.4) is 0 Å². The number of alkyl halides is 3. The zero-order valence-electron chi connectivity index (χ0n) is 13.2. The van der Waals surface area contributed by atoms with Crippen molar-refractivity contribution in [2.24, 2.45) is 0 Å². The summed E-state index contributed by atoms with van der Waals surface area (Å²) in [6.45, 7) is 11.7. The number of hydrogen-bond acceptors (Lipinski definition) is 2. The van der Waals surface area contributed by atoms with E-state index >= 15 is 0 Å². The van der Waals surface area contributed by atoms with E-state index in [0.29, 0.717) is 0 Å². The molecule has 5 heteroatoms. The fraction of sp³-hybridized carbons (Fsp3) is 0.562. The number of carbonyl (C=O) groups excluding carboxylic acids is 1. The maximum Gasteiger partial charge on any atom is 0.491 e. The SMILES string of the molecule is CC(C)(C)c1cc(OC(=O)C(F)(F)F)cc(C(C)(C)C)c1. The molecule has 0 atom stereocenters. The van der Waals surface area contributed by atoms with Gasteiger partial charge >= 0.3 is 12.1 Å². The van der Waals surface area contributed by atoms with Gasteiger partial charge in [0.1, 0.15) is 5.75 Å². The molecule has 0 radical (unpaired) electrons. The zero-order valence-corrected chi connectivity index (χ0v) is 13.2. The van der Waals surface area contributed by atoms with Gasteiger partial charge in [0.15, 0.2) is 0 Å². The van der Waals surface area contributed by atoms with Gasteiger partial charge in [-0.25, -0.2) is 4.79 Å². The number of ether oxygens (including phenoxy) is 1. The van der Waals surface area contributed by atoms with Crippen molar-refractivity contribution in [3.63, 3.8) is 0 Å². The van der Waals surface area contributed by atoms with Crippen LogP contribution in [0.5, 0.6) is 5.75 Å². The van der Waals surface area contributed by atoms with Gasteiger partial charge in [-0.1, -0.05) is 47.6 Å². The second-order valence-corrected chi connectivity index (χ2v) is 7.13. The van der Waals surface area contributed by atoms with Gasteiger partial charge in [-0.3, -0.25) is 0 Å². The lowest BCUT2D eigenvalue weighted by Crippen LogP contribution is -2.28. The van der Waals surface area contributed by atoms with Crippen molar-refractivity contribution in [3.8, 4) is 5.75 Å². The predicted octanol–water partition coefficient (Wildman–Crippen LogP) is 4.75. The minimum atomic E-state index is -5.00. The first-order chi connectivity index (χ1) is 9.21. The van der Waals surface area contributed by atoms with Crippen LogP contribution in [0.15, 0.2) is 18.2 Å². The van der Waals surface area contributed by atoms with Crippen LogP contribution in [0.1, 0.15) is 52.7 Å². The van der Waals surface area contributed by atoms with Crippen molar-refractivity contribution >= 4 is 5.97 Å². The lowest BCUT2D eigenvalue weighted by Gasteiger charge is -2.26. The largest absolute Gasteiger partial charge is 0.491 e. The molecule has 1 rings (SSSR count). The molecule has 0 N–H and O–H groups in total. The number of hydrogen-bond donors (Lipinski definition) is 0. The van der Waals surface area contributed by atoms with E-state index in [9.17, 15) is 18.0 Å². The lowest BCUT2D eigenvalue weighted by atomic mass is 9.80. The second kappa shape index (κ2) is 5.35. The quantitative estimate of drug-likeness (QED) is 0.553. The Kier molecular flexibility index (Phi) is 4.47. The minimum absolute atomic E-state index is 0.0744. The van der Waals surface area contributed by atoms with Gasteiger partial charge in [-0.05, 0) is 34.1 Å². The monoisotopic (exact) mass is 302 g/mol. The molecule has 1 aromatic rings. The van der Waals surface area contributed by atoms with Crippen LogP contribution in [-0.2, 0) is 15.6 Å². The third kappa shape index (κ3) is 4.76. The Hall–Kier alpha value is -1.52. The van der Waals surface area contributed by atoms with Gasteiger partial charge in [0.2, 0.25) is 0 Å². The molecule has 0 fully saturated rings. The standard InChI is InChI=1S/C16H21F3O2/c1-14(2,3)10-7-11(15(4,5)6)9-12(8-10)21-13(20)16(17,18)19/h7-9H,1-6H3. The number of rotatable bonds is 1. The van der Waals surface area contributed by atoms with Gasteiger partial charge in [0.25, 0.3) is 0 Å². The zero-order chi connectivity index (χ0) is 16.6. The average Bonchev–Trinajstić information content (AvgIpc) is 2.24. The number of esters is 1. The molecule has 0 bridgehead atoms. The van der Waals surface area contributed by atoms with Crippen molar-refractivity contribution in [1.29, 1.82) is 0 Å². The van der Waals surface area contributed by atoms with Crippen molar-refractivity contribution in [3.05, 3.63) is 29.3 Å². The molecule has 2 nitrogen and oxygen atoms in total. The Bertz CT molecular complexity index is 500. The summed E-state index contributed by atoms with van der Waals surface area (Å²) in [6, 6.07) is 4.91. The van der Waals surface area contributed by atoms with Gasteiger partial charge < -0.3 is 4.74 Å². The lowest BCUT2D eigenvalue weighted by molar-refractivity contribution is -0.189. The Morgan fingerprint density at radius 2 is 1.24 bits per heavy atom. The highest BCUT2D eigenvalue weighted by atomic mass is 19.4. The maximum atomic E-state index is 12.3. The number of halogens is 3. The Morgan fingerprint density at radius 3 is 1.52 bits per heavy atom. The Morgan fingerprint density at radius 1 is 0.857 bits per heavy atom. The highest BCUT2D eigenvalue weighted by Gasteiger charge is 2.41. The summed E-state index contributed by atoms with van der Waals surface area (Å²) in [4.78, 5) is 11.0. The van der Waals surface area contributed by atoms with E-state index in [2.05, 4.69) is 4.74 Å². The smallest absolute Gasteiger partial charge is 0.420 e. The molecule has 0 saturated heterocycles. The molecule has 21 heavy (non-hydrogen) atoms. The van der Waals surface area contributed by atoms with Crippen molar-refractivity contribution in [1.82, 2.24) is 0 Å². The van der Waals surface area contributed by atoms with E-state index < -0.39 is 12.1 Å². The van der Waals surface area contributed by atoms with Crippen LogP contribution in [0, 0.1) is 0 Å². The van der Waals surface area contributed by atoms with Crippen LogP contribution >= 0.6 is 0 Å². The third-order valence-electron chi connectivity index (χ3n) is 3.08. The van der Waals surface area contributed by atoms with Gasteiger partial charge in [-0.2, -0.15) is 13.2 Å². The summed E-state index contributed by atoms with van der Waals surface area (Å²) in [6.07, 6.45) is -5.00. The maximum absolute atomic E-state index is 12.3. The molecule has 1 aromatic carbocycles. The van der Waals surface area contributed by atoms with Crippen LogP contribution in [-0.4, -0.2) is 12.1 Å². The van der Waals surface area contributed by atoms with E-state index in [1.165, 1.54) is 12.1 Å². The molecular weight excluding hydrogens is 281 g/mol. The summed E-state index contributed by atoms with van der Waals surface area (Å²) in [5.74, 6) is -2.27. The van der Waals surface area contributed by atoms with E-state index in [4.69, 9.17) is 0 Å². The summed E-state index contributed by atoms with van der Waals surface area (Å²) in [5.41, 5.74) is 1.11. The van der Waals surface area contributed by atoms with Crippen molar-refractivity contribution in [2.75, 3.05) is 0 Å². The molecule has 0 aromatic heterocycles. The molecule has 0 spiro atoms. The predicted molar refractivity (Wildman–Crippen MR) is 75.5 cm³/mol. The van der Waals surface area contributed by atoms with Crippen LogP contribution in [0.2, 0.25) is 0 Å². The van der Waals surface area contributed by atoms with E-state index in [1.54, 1.807) is 0 Å². The van der Waals surface area contributed by atoms with E-state index in [1.807, 2.05) is 47.6 Å². The van der Waals surface area contributed by atoms with Crippen LogP contribution in [0.25, 0.3) is 0 Å². The third-order valence-corrected chi connectivity index (χ3v) is 3.08. The van der Waals surface area contributed by atoms with Gasteiger partial charge in [-0.15, -0.1) is 0 Å². The fourth-order valence-corrected chi connectivity index (χ4v) is 1.69. The van der Waals surface area contributed by atoms with Crippen LogP contribution < -0.4 is 4.74 Å². The fourth-order valence-electron chi connectivity index (χ4n) is 1.69. The molecule has 118 valence electrons. The first kappa shape index (κ1) is 17.5.